The van der Waals surface area contributed by atoms with Crippen LogP contribution in [0.4, 0.5) is 11.4 Å². The Hall–Kier alpha value is -2.82. The van der Waals surface area contributed by atoms with E-state index < -0.39 is 0 Å². The van der Waals surface area contributed by atoms with Crippen molar-refractivity contribution in [2.24, 2.45) is 0 Å². The van der Waals surface area contributed by atoms with Gasteiger partial charge in [0.25, 0.3) is 5.91 Å². The van der Waals surface area contributed by atoms with E-state index in [0.29, 0.717) is 28.3 Å². The summed E-state index contributed by atoms with van der Waals surface area (Å²) in [6, 6.07) is 11.6. The lowest BCUT2D eigenvalue weighted by molar-refractivity contribution is 0.101. The zero-order chi connectivity index (χ0) is 15.4. The maximum Gasteiger partial charge on any atom is 0.255 e. The fraction of sp³-hybridized carbons (Fsp3) is 0.125. The van der Waals surface area contributed by atoms with Crippen LogP contribution in [0.25, 0.3) is 0 Å². The standard InChI is InChI=1S/C16H16N2O3/c1-10(19)11-4-3-5-13(8-11)18-16(20)12-6-7-14(17)15(9-12)21-2/h3-9H,17H2,1-2H3,(H,18,20). The van der Waals surface area contributed by atoms with Gasteiger partial charge in [0, 0.05) is 16.8 Å². The van der Waals surface area contributed by atoms with Crippen molar-refractivity contribution in [2.45, 2.75) is 6.92 Å². The Labute approximate surface area is 122 Å². The molecule has 1 amide bonds. The summed E-state index contributed by atoms with van der Waals surface area (Å²) in [5, 5.41) is 2.74. The number of ether oxygens (including phenoxy) is 1. The lowest BCUT2D eigenvalue weighted by atomic mass is 10.1. The molecular weight excluding hydrogens is 268 g/mol. The molecule has 0 bridgehead atoms. The van der Waals surface area contributed by atoms with E-state index in [2.05, 4.69) is 5.32 Å². The van der Waals surface area contributed by atoms with Gasteiger partial charge in [-0.1, -0.05) is 12.1 Å². The van der Waals surface area contributed by atoms with Crippen molar-refractivity contribution in [1.82, 2.24) is 0 Å². The zero-order valence-electron chi connectivity index (χ0n) is 11.8. The van der Waals surface area contributed by atoms with Crippen molar-refractivity contribution < 1.29 is 14.3 Å². The predicted molar refractivity (Wildman–Crippen MR) is 81.8 cm³/mol. The van der Waals surface area contributed by atoms with E-state index in [-0.39, 0.29) is 11.7 Å². The molecule has 2 aromatic rings. The first-order valence-electron chi connectivity index (χ1n) is 6.37. The Bertz CT molecular complexity index is 696. The van der Waals surface area contributed by atoms with Crippen molar-refractivity contribution in [3.05, 3.63) is 53.6 Å². The SMILES string of the molecule is COc1cc(C(=O)Nc2cccc(C(C)=O)c2)ccc1N. The molecule has 0 saturated heterocycles. The first-order chi connectivity index (χ1) is 10.0. The molecule has 0 unspecified atom stereocenters. The second kappa shape index (κ2) is 6.09. The quantitative estimate of drug-likeness (QED) is 0.668. The average molecular weight is 284 g/mol. The van der Waals surface area contributed by atoms with Gasteiger partial charge in [-0.15, -0.1) is 0 Å². The molecule has 2 rings (SSSR count). The van der Waals surface area contributed by atoms with Gasteiger partial charge in [0.2, 0.25) is 0 Å². The summed E-state index contributed by atoms with van der Waals surface area (Å²) < 4.78 is 5.09. The first-order valence-corrected chi connectivity index (χ1v) is 6.37. The lowest BCUT2D eigenvalue weighted by Crippen LogP contribution is -2.12. The number of nitrogens with one attached hydrogen (secondary N) is 1. The predicted octanol–water partition coefficient (Wildman–Crippen LogP) is 2.73. The average Bonchev–Trinajstić information content (AvgIpc) is 2.47. The van der Waals surface area contributed by atoms with Gasteiger partial charge in [0.1, 0.15) is 5.75 Å². The third-order valence-corrected chi connectivity index (χ3v) is 3.02. The van der Waals surface area contributed by atoms with Crippen LogP contribution < -0.4 is 15.8 Å². The number of Topliss-reactive ketones (excluding diaryl/α,β-unsaturated/α-hetero) is 1. The van der Waals surface area contributed by atoms with Gasteiger partial charge in [0.15, 0.2) is 5.78 Å². The van der Waals surface area contributed by atoms with E-state index in [1.54, 1.807) is 42.5 Å². The summed E-state index contributed by atoms with van der Waals surface area (Å²) in [6.45, 7) is 1.48. The van der Waals surface area contributed by atoms with Gasteiger partial charge in [0.05, 0.1) is 12.8 Å². The van der Waals surface area contributed by atoms with E-state index >= 15 is 0 Å². The summed E-state index contributed by atoms with van der Waals surface area (Å²) in [4.78, 5) is 23.5. The molecule has 3 N–H and O–H groups in total. The molecule has 21 heavy (non-hydrogen) atoms. The van der Waals surface area contributed by atoms with Crippen LogP contribution in [-0.2, 0) is 0 Å². The number of ketones is 1. The van der Waals surface area contributed by atoms with Crippen molar-refractivity contribution in [2.75, 3.05) is 18.2 Å². The molecule has 0 aromatic heterocycles. The maximum atomic E-state index is 12.2. The van der Waals surface area contributed by atoms with Crippen LogP contribution in [0.2, 0.25) is 0 Å². The molecule has 0 spiro atoms. The van der Waals surface area contributed by atoms with Crippen LogP contribution in [0.15, 0.2) is 42.5 Å². The highest BCUT2D eigenvalue weighted by Gasteiger charge is 2.10. The number of benzene rings is 2. The minimum absolute atomic E-state index is 0.0553. The van der Waals surface area contributed by atoms with Crippen LogP contribution in [0.5, 0.6) is 5.75 Å². The maximum absolute atomic E-state index is 12.2. The van der Waals surface area contributed by atoms with Gasteiger partial charge < -0.3 is 15.8 Å². The molecule has 0 heterocycles. The van der Waals surface area contributed by atoms with Crippen LogP contribution in [-0.4, -0.2) is 18.8 Å². The number of methoxy groups -OCH3 is 1. The highest BCUT2D eigenvalue weighted by Crippen LogP contribution is 2.23. The number of hydrogen-bond donors (Lipinski definition) is 2. The van der Waals surface area contributed by atoms with Gasteiger partial charge in [-0.2, -0.15) is 0 Å². The molecule has 0 fully saturated rings. The normalized spacial score (nSPS) is 10.0. The van der Waals surface area contributed by atoms with Crippen molar-refractivity contribution in [1.29, 1.82) is 0 Å². The third kappa shape index (κ3) is 3.39. The molecule has 0 saturated carbocycles. The molecule has 0 aliphatic heterocycles. The van der Waals surface area contributed by atoms with Crippen molar-refractivity contribution in [3.63, 3.8) is 0 Å². The Morgan fingerprint density at radius 2 is 1.86 bits per heavy atom. The number of nitrogen functional groups attached to an aromatic ring is 1. The first kappa shape index (κ1) is 14.6. The number of carbonyl (C=O) groups is 2. The van der Waals surface area contributed by atoms with Crippen LogP contribution >= 0.6 is 0 Å². The molecule has 108 valence electrons. The van der Waals surface area contributed by atoms with Crippen molar-refractivity contribution >= 4 is 23.1 Å². The molecular formula is C16H16N2O3. The molecule has 5 heteroatoms. The minimum atomic E-state index is -0.297. The summed E-state index contributed by atoms with van der Waals surface area (Å²) >= 11 is 0. The van der Waals surface area contributed by atoms with Gasteiger partial charge >= 0.3 is 0 Å². The van der Waals surface area contributed by atoms with E-state index in [9.17, 15) is 9.59 Å². The summed E-state index contributed by atoms with van der Waals surface area (Å²) in [5.41, 5.74) is 7.71. The highest BCUT2D eigenvalue weighted by atomic mass is 16.5. The summed E-state index contributed by atoms with van der Waals surface area (Å²) in [5.74, 6) is 0.0920. The lowest BCUT2D eigenvalue weighted by Gasteiger charge is -2.09. The van der Waals surface area contributed by atoms with Crippen molar-refractivity contribution in [3.8, 4) is 5.75 Å². The topological polar surface area (TPSA) is 81.4 Å². The molecule has 0 atom stereocenters. The Balaban J connectivity index is 2.22. The fourth-order valence-corrected chi connectivity index (χ4v) is 1.87. The summed E-state index contributed by atoms with van der Waals surface area (Å²) in [6.07, 6.45) is 0. The smallest absolute Gasteiger partial charge is 0.255 e. The number of nitrogens with two attached hydrogens (primary N) is 1. The second-order valence-corrected chi connectivity index (χ2v) is 4.55. The highest BCUT2D eigenvalue weighted by molar-refractivity contribution is 6.05. The number of amides is 1. The molecule has 0 aliphatic carbocycles. The number of rotatable bonds is 4. The van der Waals surface area contributed by atoms with Crippen LogP contribution in [0.1, 0.15) is 27.6 Å². The summed E-state index contributed by atoms with van der Waals surface area (Å²) in [7, 11) is 1.49. The Morgan fingerprint density at radius 1 is 1.10 bits per heavy atom. The number of hydrogen-bond acceptors (Lipinski definition) is 4. The van der Waals surface area contributed by atoms with E-state index in [0.717, 1.165) is 0 Å². The molecule has 0 radical (unpaired) electrons. The van der Waals surface area contributed by atoms with E-state index in [1.807, 2.05) is 0 Å². The van der Waals surface area contributed by atoms with Gasteiger partial charge in [-0.05, 0) is 37.3 Å². The van der Waals surface area contributed by atoms with Crippen LogP contribution in [0.3, 0.4) is 0 Å². The number of anilines is 2. The number of carbonyl (C=O) groups excluding carboxylic acids is 2. The molecule has 0 aliphatic rings. The second-order valence-electron chi connectivity index (χ2n) is 4.55. The molecule has 2 aromatic carbocycles. The van der Waals surface area contributed by atoms with E-state index in [4.69, 9.17) is 10.5 Å². The molecule has 5 nitrogen and oxygen atoms in total. The fourth-order valence-electron chi connectivity index (χ4n) is 1.87. The van der Waals surface area contributed by atoms with Gasteiger partial charge in [-0.25, -0.2) is 0 Å². The van der Waals surface area contributed by atoms with Gasteiger partial charge in [-0.3, -0.25) is 9.59 Å². The van der Waals surface area contributed by atoms with E-state index in [1.165, 1.54) is 14.0 Å². The largest absolute Gasteiger partial charge is 0.495 e. The van der Waals surface area contributed by atoms with Crippen LogP contribution in [0, 0.1) is 0 Å². The third-order valence-electron chi connectivity index (χ3n) is 3.02. The Morgan fingerprint density at radius 3 is 2.52 bits per heavy atom. The monoisotopic (exact) mass is 284 g/mol. The zero-order valence-corrected chi connectivity index (χ0v) is 11.8. The minimum Gasteiger partial charge on any atom is -0.495 e. The Kier molecular flexibility index (Phi) is 4.23.